The summed E-state index contributed by atoms with van der Waals surface area (Å²) in [5.41, 5.74) is 1.44. The quantitative estimate of drug-likeness (QED) is 0.477. The molecule has 1 heterocycles. The van der Waals surface area contributed by atoms with E-state index in [1.807, 2.05) is 0 Å². The molecule has 0 aliphatic heterocycles. The summed E-state index contributed by atoms with van der Waals surface area (Å²) in [6.07, 6.45) is 3.65. The van der Waals surface area contributed by atoms with Gasteiger partial charge in [-0.2, -0.15) is 0 Å². The molecule has 12 heavy (non-hydrogen) atoms. The van der Waals surface area contributed by atoms with Gasteiger partial charge in [0.2, 0.25) is 0 Å². The molecule has 0 aromatic carbocycles. The van der Waals surface area contributed by atoms with E-state index in [4.69, 9.17) is 5.21 Å². The molecule has 4 nitrogen and oxygen atoms in total. The zero-order valence-electron chi connectivity index (χ0n) is 6.53. The van der Waals surface area contributed by atoms with Crippen molar-refractivity contribution in [2.24, 2.45) is 5.16 Å². The second-order valence-electron chi connectivity index (χ2n) is 2.33. The summed E-state index contributed by atoms with van der Waals surface area (Å²) in [6.45, 7) is 1.73. The first-order chi connectivity index (χ1) is 5.74. The van der Waals surface area contributed by atoms with Gasteiger partial charge in [-0.15, -0.1) is 0 Å². The van der Waals surface area contributed by atoms with Crippen LogP contribution in [0.15, 0.2) is 22.2 Å². The van der Waals surface area contributed by atoms with E-state index in [1.165, 1.54) is 6.33 Å². The van der Waals surface area contributed by atoms with Crippen molar-refractivity contribution in [1.29, 1.82) is 0 Å². The summed E-state index contributed by atoms with van der Waals surface area (Å²) in [5.74, 6) is 0. The lowest BCUT2D eigenvalue weighted by Crippen LogP contribution is -2.01. The van der Waals surface area contributed by atoms with Crippen molar-refractivity contribution in [3.05, 3.63) is 22.7 Å². The third-order valence-corrected chi connectivity index (χ3v) is 2.00. The van der Waals surface area contributed by atoms with Crippen LogP contribution in [0.2, 0.25) is 0 Å². The molecule has 0 aliphatic rings. The monoisotopic (exact) mass is 229 g/mol. The molecule has 0 spiro atoms. The van der Waals surface area contributed by atoms with Crippen molar-refractivity contribution >= 4 is 21.6 Å². The van der Waals surface area contributed by atoms with Gasteiger partial charge in [-0.25, -0.2) is 9.97 Å². The number of hydrogen-bond donors (Lipinski definition) is 1. The molecule has 0 saturated heterocycles. The molecular formula is C7H8BrN3O. The maximum Gasteiger partial charge on any atom is 0.115 e. The van der Waals surface area contributed by atoms with E-state index in [9.17, 15) is 0 Å². The Morgan fingerprint density at radius 1 is 1.75 bits per heavy atom. The third kappa shape index (κ3) is 2.27. The Morgan fingerprint density at radius 2 is 2.50 bits per heavy atom. The van der Waals surface area contributed by atoms with E-state index in [0.29, 0.717) is 12.1 Å². The second-order valence-corrected chi connectivity index (χ2v) is 3.18. The maximum absolute atomic E-state index is 8.42. The molecule has 0 radical (unpaired) electrons. The Kier molecular flexibility index (Phi) is 3.16. The highest BCUT2D eigenvalue weighted by Crippen LogP contribution is 2.12. The number of nitrogens with zero attached hydrogens (tertiary/aromatic N) is 3. The van der Waals surface area contributed by atoms with E-state index in [-0.39, 0.29) is 0 Å². The average Bonchev–Trinajstić information content (AvgIpc) is 2.09. The minimum atomic E-state index is 0.527. The molecule has 0 bridgehead atoms. The van der Waals surface area contributed by atoms with Crippen LogP contribution < -0.4 is 0 Å². The predicted molar refractivity (Wildman–Crippen MR) is 48.3 cm³/mol. The first kappa shape index (κ1) is 9.12. The van der Waals surface area contributed by atoms with Crippen molar-refractivity contribution in [1.82, 2.24) is 9.97 Å². The zero-order valence-corrected chi connectivity index (χ0v) is 8.11. The summed E-state index contributed by atoms with van der Waals surface area (Å²) in [5, 5.41) is 11.5. The number of oxime groups is 1. The van der Waals surface area contributed by atoms with Crippen LogP contribution in [0.1, 0.15) is 12.6 Å². The minimum absolute atomic E-state index is 0.527. The zero-order chi connectivity index (χ0) is 8.97. The highest BCUT2D eigenvalue weighted by Gasteiger charge is 2.02. The molecule has 0 fully saturated rings. The molecule has 1 rings (SSSR count). The Balaban J connectivity index is 2.82. The first-order valence-electron chi connectivity index (χ1n) is 3.36. The van der Waals surface area contributed by atoms with Crippen LogP contribution in [0.5, 0.6) is 0 Å². The Morgan fingerprint density at radius 3 is 3.08 bits per heavy atom. The lowest BCUT2D eigenvalue weighted by atomic mass is 10.2. The van der Waals surface area contributed by atoms with Crippen LogP contribution in [-0.2, 0) is 6.42 Å². The Hall–Kier alpha value is -0.970. The summed E-state index contributed by atoms with van der Waals surface area (Å²) < 4.78 is 0.827. The number of rotatable bonds is 2. The van der Waals surface area contributed by atoms with Crippen LogP contribution in [0, 0.1) is 0 Å². The fourth-order valence-corrected chi connectivity index (χ4v) is 1.11. The molecule has 0 amide bonds. The van der Waals surface area contributed by atoms with Crippen LogP contribution in [0.4, 0.5) is 0 Å². The molecule has 1 aromatic heterocycles. The van der Waals surface area contributed by atoms with E-state index in [0.717, 1.165) is 10.2 Å². The number of halogens is 1. The van der Waals surface area contributed by atoms with Gasteiger partial charge in [-0.1, -0.05) is 5.16 Å². The van der Waals surface area contributed by atoms with Crippen molar-refractivity contribution in [2.75, 3.05) is 0 Å². The van der Waals surface area contributed by atoms with E-state index in [2.05, 4.69) is 31.1 Å². The van der Waals surface area contributed by atoms with Crippen LogP contribution in [0.3, 0.4) is 0 Å². The smallest absolute Gasteiger partial charge is 0.115 e. The summed E-state index contributed by atoms with van der Waals surface area (Å²) >= 11 is 3.29. The van der Waals surface area contributed by atoms with Gasteiger partial charge in [0.25, 0.3) is 0 Å². The van der Waals surface area contributed by atoms with E-state index >= 15 is 0 Å². The Bertz CT molecular complexity index is 300. The van der Waals surface area contributed by atoms with Gasteiger partial charge in [0, 0.05) is 12.6 Å². The molecule has 0 unspecified atom stereocenters. The van der Waals surface area contributed by atoms with Gasteiger partial charge in [0.05, 0.1) is 15.9 Å². The van der Waals surface area contributed by atoms with Crippen molar-refractivity contribution in [3.8, 4) is 0 Å². The first-order valence-corrected chi connectivity index (χ1v) is 4.15. The van der Waals surface area contributed by atoms with Crippen molar-refractivity contribution in [3.63, 3.8) is 0 Å². The second kappa shape index (κ2) is 4.15. The molecular weight excluding hydrogens is 222 g/mol. The summed E-state index contributed by atoms with van der Waals surface area (Å²) in [7, 11) is 0. The van der Waals surface area contributed by atoms with Crippen LogP contribution in [0.25, 0.3) is 0 Å². The molecule has 0 atom stereocenters. The standard InChI is InChI=1S/C7H8BrN3O/c1-5(11-12)2-7-6(8)3-9-4-10-7/h3-4,12H,2H2,1H3/b11-5-. The third-order valence-electron chi connectivity index (χ3n) is 1.34. The summed E-state index contributed by atoms with van der Waals surface area (Å²) in [4.78, 5) is 7.83. The van der Waals surface area contributed by atoms with Gasteiger partial charge in [-0.05, 0) is 22.9 Å². The molecule has 0 saturated carbocycles. The van der Waals surface area contributed by atoms with Gasteiger partial charge in [0.15, 0.2) is 0 Å². The average molecular weight is 230 g/mol. The fraction of sp³-hybridized carbons (Fsp3) is 0.286. The maximum atomic E-state index is 8.42. The van der Waals surface area contributed by atoms with Gasteiger partial charge >= 0.3 is 0 Å². The molecule has 5 heteroatoms. The molecule has 0 aliphatic carbocycles. The van der Waals surface area contributed by atoms with Crippen molar-refractivity contribution < 1.29 is 5.21 Å². The lowest BCUT2D eigenvalue weighted by Gasteiger charge is -1.99. The summed E-state index contributed by atoms with van der Waals surface area (Å²) in [6, 6.07) is 0. The normalized spacial score (nSPS) is 11.7. The number of aromatic nitrogens is 2. The topological polar surface area (TPSA) is 58.4 Å². The van der Waals surface area contributed by atoms with E-state index in [1.54, 1.807) is 13.1 Å². The van der Waals surface area contributed by atoms with E-state index < -0.39 is 0 Å². The minimum Gasteiger partial charge on any atom is -0.411 e. The fourth-order valence-electron chi connectivity index (χ4n) is 0.746. The molecule has 1 N–H and O–H groups in total. The van der Waals surface area contributed by atoms with Gasteiger partial charge < -0.3 is 5.21 Å². The van der Waals surface area contributed by atoms with Gasteiger partial charge in [-0.3, -0.25) is 0 Å². The number of hydrogen-bond acceptors (Lipinski definition) is 4. The SMILES string of the molecule is C/C(Cc1ncncc1Br)=N/O. The predicted octanol–water partition coefficient (Wildman–Crippen LogP) is 1.63. The lowest BCUT2D eigenvalue weighted by molar-refractivity contribution is 0.317. The Labute approximate surface area is 78.5 Å². The molecule has 1 aromatic rings. The van der Waals surface area contributed by atoms with Crippen LogP contribution >= 0.6 is 15.9 Å². The molecule has 64 valence electrons. The van der Waals surface area contributed by atoms with Crippen LogP contribution in [-0.4, -0.2) is 20.9 Å². The highest BCUT2D eigenvalue weighted by molar-refractivity contribution is 9.10. The largest absolute Gasteiger partial charge is 0.411 e. The highest BCUT2D eigenvalue weighted by atomic mass is 79.9. The van der Waals surface area contributed by atoms with Crippen molar-refractivity contribution in [2.45, 2.75) is 13.3 Å². The van der Waals surface area contributed by atoms with Gasteiger partial charge in [0.1, 0.15) is 6.33 Å².